The van der Waals surface area contributed by atoms with Crippen molar-refractivity contribution in [2.45, 2.75) is 110 Å². The Labute approximate surface area is 157 Å². The summed E-state index contributed by atoms with van der Waals surface area (Å²) in [4.78, 5) is 12.0. The van der Waals surface area contributed by atoms with E-state index in [9.17, 15) is 9.90 Å². The van der Waals surface area contributed by atoms with Crippen molar-refractivity contribution in [3.05, 3.63) is 12.2 Å². The van der Waals surface area contributed by atoms with Crippen LogP contribution in [-0.4, -0.2) is 35.8 Å². The first-order chi connectivity index (χ1) is 11.9. The van der Waals surface area contributed by atoms with Crippen molar-refractivity contribution in [2.24, 2.45) is 0 Å². The minimum absolute atomic E-state index is 0.0728. The summed E-state index contributed by atoms with van der Waals surface area (Å²) >= 11 is 0. The zero-order valence-corrected chi connectivity index (χ0v) is 17.4. The number of allylic oxidation sites excluding steroid dienone is 2. The van der Waals surface area contributed by atoms with E-state index in [1.807, 2.05) is 0 Å². The molecule has 0 radical (unpaired) electrons. The summed E-state index contributed by atoms with van der Waals surface area (Å²) in [7, 11) is 3.56. The van der Waals surface area contributed by atoms with Gasteiger partial charge in [-0.1, -0.05) is 70.4 Å². The van der Waals surface area contributed by atoms with E-state index in [0.29, 0.717) is 6.42 Å². The zero-order chi connectivity index (χ0) is 19.0. The Morgan fingerprint density at radius 1 is 0.840 bits per heavy atom. The summed E-state index contributed by atoms with van der Waals surface area (Å²) in [6.07, 6.45) is 21.1. The van der Waals surface area contributed by atoms with Crippen LogP contribution in [0.4, 0.5) is 0 Å². The number of aliphatic hydroxyl groups is 1. The highest BCUT2D eigenvalue weighted by Crippen LogP contribution is 2.13. The fourth-order valence-corrected chi connectivity index (χ4v) is 2.84. The molecule has 0 saturated heterocycles. The molecule has 1 N–H and O–H groups in total. The summed E-state index contributed by atoms with van der Waals surface area (Å²) in [6, 6.07) is 0. The highest BCUT2D eigenvalue weighted by molar-refractivity contribution is 5.68. The molecule has 0 fully saturated rings. The Balaban J connectivity index is 3.39. The largest absolute Gasteiger partial charge is 0.345 e. The summed E-state index contributed by atoms with van der Waals surface area (Å²) in [6.45, 7) is 3.94. The lowest BCUT2D eigenvalue weighted by Crippen LogP contribution is -2.51. The Kier molecular flexibility index (Phi) is 15.2. The van der Waals surface area contributed by atoms with Crippen LogP contribution < -0.4 is 0 Å². The molecule has 1 unspecified atom stereocenters. The van der Waals surface area contributed by atoms with E-state index >= 15 is 0 Å². The molecular formula is C22H44NO2+. The van der Waals surface area contributed by atoms with E-state index < -0.39 is 6.23 Å². The molecule has 25 heavy (non-hydrogen) atoms. The van der Waals surface area contributed by atoms with Crippen LogP contribution in [0.2, 0.25) is 0 Å². The van der Waals surface area contributed by atoms with E-state index in [-0.39, 0.29) is 10.4 Å². The Bertz CT molecular complexity index is 348. The number of rotatable bonds is 16. The Morgan fingerprint density at radius 3 is 1.76 bits per heavy atom. The number of unbranched alkanes of at least 4 members (excludes halogenated alkanes) is 11. The molecular weight excluding hydrogens is 310 g/mol. The van der Waals surface area contributed by atoms with Crippen LogP contribution >= 0.6 is 0 Å². The van der Waals surface area contributed by atoms with E-state index in [2.05, 4.69) is 19.1 Å². The van der Waals surface area contributed by atoms with Crippen molar-refractivity contribution in [2.75, 3.05) is 14.1 Å². The minimum atomic E-state index is -0.629. The third-order valence-corrected chi connectivity index (χ3v) is 5.23. The first kappa shape index (κ1) is 24.3. The summed E-state index contributed by atoms with van der Waals surface area (Å²) in [5.41, 5.74) is 0. The van der Waals surface area contributed by atoms with Crippen LogP contribution in [0.3, 0.4) is 0 Å². The van der Waals surface area contributed by atoms with Crippen molar-refractivity contribution < 1.29 is 14.4 Å². The van der Waals surface area contributed by atoms with E-state index in [1.54, 1.807) is 21.0 Å². The number of carbonyl (C=O) groups is 1. The minimum Gasteiger partial charge on any atom is -0.345 e. The van der Waals surface area contributed by atoms with Gasteiger partial charge in [0.1, 0.15) is 0 Å². The van der Waals surface area contributed by atoms with Gasteiger partial charge in [0.15, 0.2) is 6.23 Å². The van der Waals surface area contributed by atoms with E-state index in [1.165, 1.54) is 70.6 Å². The Hall–Kier alpha value is -0.670. The summed E-state index contributed by atoms with van der Waals surface area (Å²) in [5.74, 6) is 0.132. The zero-order valence-electron chi connectivity index (χ0n) is 17.4. The summed E-state index contributed by atoms with van der Waals surface area (Å²) < 4.78 is 0.0728. The molecule has 0 aromatic carbocycles. The fourth-order valence-electron chi connectivity index (χ4n) is 2.84. The number of nitrogens with zero attached hydrogens (tertiary/aromatic N) is 1. The first-order valence-electron chi connectivity index (χ1n) is 10.6. The molecule has 0 aliphatic heterocycles. The first-order valence-corrected chi connectivity index (χ1v) is 10.6. The average molecular weight is 355 g/mol. The molecule has 0 aliphatic carbocycles. The maximum atomic E-state index is 12.0. The number of hydrogen-bond acceptors (Lipinski definition) is 2. The molecule has 1 amide bonds. The standard InChI is InChI=1S/C22H44NO2/c1-5-6-7-8-9-10-11-12-13-14-15-16-17-18-19-20-22(25)23(3,4)21(2)24/h12-13,21,24H,5-11,14-20H2,1-4H3/q+1/b13-12-. The molecule has 0 heterocycles. The number of quaternary nitrogens is 1. The monoisotopic (exact) mass is 354 g/mol. The predicted octanol–water partition coefficient (Wildman–Crippen LogP) is 5.97. The van der Waals surface area contributed by atoms with Gasteiger partial charge in [-0.3, -0.25) is 0 Å². The van der Waals surface area contributed by atoms with Crippen molar-refractivity contribution in [1.29, 1.82) is 0 Å². The lowest BCUT2D eigenvalue weighted by Gasteiger charge is -2.29. The van der Waals surface area contributed by atoms with Gasteiger partial charge in [-0.15, -0.1) is 0 Å². The summed E-state index contributed by atoms with van der Waals surface area (Å²) in [5, 5.41) is 9.62. The lowest BCUT2D eigenvalue weighted by atomic mass is 10.1. The van der Waals surface area contributed by atoms with Gasteiger partial charge in [0.25, 0.3) is 0 Å². The molecule has 1 atom stereocenters. The smallest absolute Gasteiger partial charge is 0.315 e. The quantitative estimate of drug-likeness (QED) is 0.161. The topological polar surface area (TPSA) is 37.3 Å². The molecule has 0 spiro atoms. The van der Waals surface area contributed by atoms with Gasteiger partial charge in [0.2, 0.25) is 0 Å². The predicted molar refractivity (Wildman–Crippen MR) is 108 cm³/mol. The lowest BCUT2D eigenvalue weighted by molar-refractivity contribution is -0.863. The molecule has 0 aromatic heterocycles. The second-order valence-electron chi connectivity index (χ2n) is 7.90. The van der Waals surface area contributed by atoms with Crippen molar-refractivity contribution >= 4 is 5.91 Å². The van der Waals surface area contributed by atoms with Gasteiger partial charge >= 0.3 is 5.91 Å². The van der Waals surface area contributed by atoms with E-state index in [0.717, 1.165) is 12.8 Å². The molecule has 3 nitrogen and oxygen atoms in total. The van der Waals surface area contributed by atoms with Crippen molar-refractivity contribution in [3.8, 4) is 0 Å². The number of carbonyl (C=O) groups excluding carboxylic acids is 1. The number of hydrogen-bond donors (Lipinski definition) is 1. The third kappa shape index (κ3) is 13.2. The number of aliphatic hydroxyl groups excluding tert-OH is 1. The van der Waals surface area contributed by atoms with Gasteiger partial charge in [-0.05, 0) is 32.1 Å². The van der Waals surface area contributed by atoms with Gasteiger partial charge in [0.05, 0.1) is 20.5 Å². The van der Waals surface area contributed by atoms with Crippen LogP contribution in [0.15, 0.2) is 12.2 Å². The SMILES string of the molecule is CCCCCCCC/C=C\CCCCCCCC(=O)[N+](C)(C)C(C)O. The second-order valence-corrected chi connectivity index (χ2v) is 7.90. The maximum Gasteiger partial charge on any atom is 0.315 e. The average Bonchev–Trinajstić information content (AvgIpc) is 2.57. The molecule has 3 heteroatoms. The maximum absolute atomic E-state index is 12.0. The van der Waals surface area contributed by atoms with Crippen LogP contribution in [-0.2, 0) is 4.79 Å². The fraction of sp³-hybridized carbons (Fsp3) is 0.864. The van der Waals surface area contributed by atoms with Gasteiger partial charge in [-0.2, -0.15) is 0 Å². The molecule has 148 valence electrons. The highest BCUT2D eigenvalue weighted by atomic mass is 16.3. The van der Waals surface area contributed by atoms with Crippen LogP contribution in [0.1, 0.15) is 104 Å². The second kappa shape index (κ2) is 15.6. The van der Waals surface area contributed by atoms with Crippen LogP contribution in [0.5, 0.6) is 0 Å². The molecule has 0 bridgehead atoms. The van der Waals surface area contributed by atoms with Gasteiger partial charge < -0.3 is 5.11 Å². The molecule has 0 rings (SSSR count). The van der Waals surface area contributed by atoms with Crippen molar-refractivity contribution in [3.63, 3.8) is 0 Å². The molecule has 0 aromatic rings. The number of amides is 1. The normalized spacial score (nSPS) is 13.5. The molecule has 0 saturated carbocycles. The van der Waals surface area contributed by atoms with Gasteiger partial charge in [-0.25, -0.2) is 9.28 Å². The molecule has 0 aliphatic rings. The van der Waals surface area contributed by atoms with Crippen LogP contribution in [0, 0.1) is 0 Å². The van der Waals surface area contributed by atoms with E-state index in [4.69, 9.17) is 0 Å². The highest BCUT2D eigenvalue weighted by Gasteiger charge is 2.30. The van der Waals surface area contributed by atoms with Crippen LogP contribution in [0.25, 0.3) is 0 Å². The van der Waals surface area contributed by atoms with Crippen molar-refractivity contribution in [1.82, 2.24) is 0 Å². The third-order valence-electron chi connectivity index (χ3n) is 5.23. The van der Waals surface area contributed by atoms with Gasteiger partial charge in [0, 0.05) is 6.92 Å². The Morgan fingerprint density at radius 2 is 1.28 bits per heavy atom.